The second-order valence-corrected chi connectivity index (χ2v) is 7.81. The van der Waals surface area contributed by atoms with E-state index in [4.69, 9.17) is 0 Å². The van der Waals surface area contributed by atoms with Crippen LogP contribution in [0.4, 0.5) is 14.5 Å². The van der Waals surface area contributed by atoms with Crippen molar-refractivity contribution < 1.29 is 13.6 Å². The zero-order chi connectivity index (χ0) is 24.4. The average molecular weight is 462 g/mol. The monoisotopic (exact) mass is 462 g/mol. The Bertz CT molecular complexity index is 1490. The van der Waals surface area contributed by atoms with Gasteiger partial charge < -0.3 is 5.32 Å². The van der Waals surface area contributed by atoms with Crippen molar-refractivity contribution in [1.82, 2.24) is 14.3 Å². The number of hydrogen-bond donors (Lipinski definition) is 1. The second kappa shape index (κ2) is 9.22. The number of carbonyl (C=O) groups is 1. The molecule has 0 spiro atoms. The number of amides is 1. The second-order valence-electron chi connectivity index (χ2n) is 7.81. The van der Waals surface area contributed by atoms with Crippen LogP contribution in [0.3, 0.4) is 0 Å². The third-order valence-electron chi connectivity index (χ3n) is 5.24. The van der Waals surface area contributed by atoms with E-state index in [1.165, 1.54) is 24.3 Å². The summed E-state index contributed by atoms with van der Waals surface area (Å²) < 4.78 is 29.1. The van der Waals surface area contributed by atoms with Gasteiger partial charge in [0.15, 0.2) is 0 Å². The maximum absolute atomic E-state index is 14.2. The van der Waals surface area contributed by atoms with Crippen LogP contribution in [0.1, 0.15) is 27.2 Å². The molecule has 0 unspecified atom stereocenters. The molecule has 7 nitrogen and oxygen atoms in total. The Balaban J connectivity index is 1.85. The molecule has 34 heavy (non-hydrogen) atoms. The Morgan fingerprint density at radius 3 is 2.26 bits per heavy atom. The summed E-state index contributed by atoms with van der Waals surface area (Å²) in [5.74, 6) is -1.96. The smallest absolute Gasteiger partial charge is 0.320 e. The Labute approximate surface area is 192 Å². The zero-order valence-corrected chi connectivity index (χ0v) is 18.4. The topological polar surface area (TPSA) is 86.0 Å². The Morgan fingerprint density at radius 2 is 1.62 bits per heavy atom. The van der Waals surface area contributed by atoms with E-state index in [9.17, 15) is 23.2 Å². The van der Waals surface area contributed by atoms with Gasteiger partial charge in [-0.2, -0.15) is 9.78 Å². The molecule has 0 aliphatic heterocycles. The predicted octanol–water partition coefficient (Wildman–Crippen LogP) is 3.59. The molecular weight excluding hydrogens is 442 g/mol. The number of nitrogens with zero attached hydrogens (tertiary/aromatic N) is 3. The van der Waals surface area contributed by atoms with Gasteiger partial charge in [-0.05, 0) is 55.3 Å². The van der Waals surface area contributed by atoms with Gasteiger partial charge in [0, 0.05) is 11.8 Å². The molecule has 1 amide bonds. The highest BCUT2D eigenvalue weighted by Gasteiger charge is 2.21. The molecule has 0 radical (unpaired) electrons. The van der Waals surface area contributed by atoms with Crippen LogP contribution >= 0.6 is 0 Å². The van der Waals surface area contributed by atoms with Gasteiger partial charge in [0.2, 0.25) is 5.69 Å². The SMILES string of the molecule is Cc1ccc(Cn2c(=O)c(C(=O)Nc3ccc(F)cc3)nn(-c3ccc(C)c(F)c3)c2=O)cc1. The van der Waals surface area contributed by atoms with Crippen molar-refractivity contribution in [2.75, 3.05) is 5.32 Å². The van der Waals surface area contributed by atoms with Crippen LogP contribution < -0.4 is 16.6 Å². The molecule has 4 rings (SSSR count). The van der Waals surface area contributed by atoms with E-state index in [0.29, 0.717) is 11.1 Å². The number of nitrogens with one attached hydrogen (secondary N) is 1. The molecule has 0 aliphatic carbocycles. The van der Waals surface area contributed by atoms with E-state index in [1.807, 2.05) is 19.1 Å². The molecule has 0 fully saturated rings. The Kier molecular flexibility index (Phi) is 6.18. The first-order valence-corrected chi connectivity index (χ1v) is 10.4. The molecule has 1 N–H and O–H groups in total. The first kappa shape index (κ1) is 22.8. The third kappa shape index (κ3) is 4.68. The van der Waals surface area contributed by atoms with Crippen molar-refractivity contribution in [3.8, 4) is 5.69 Å². The van der Waals surface area contributed by atoms with Crippen molar-refractivity contribution in [1.29, 1.82) is 0 Å². The highest BCUT2D eigenvalue weighted by atomic mass is 19.1. The van der Waals surface area contributed by atoms with Gasteiger partial charge in [-0.3, -0.25) is 14.2 Å². The van der Waals surface area contributed by atoms with Crippen molar-refractivity contribution in [3.05, 3.63) is 122 Å². The van der Waals surface area contributed by atoms with Crippen molar-refractivity contribution in [2.24, 2.45) is 0 Å². The number of hydrogen-bond acceptors (Lipinski definition) is 4. The van der Waals surface area contributed by atoms with Crippen LogP contribution in [0.15, 0.2) is 76.3 Å². The summed E-state index contributed by atoms with van der Waals surface area (Å²) in [6.07, 6.45) is 0. The minimum absolute atomic E-state index is 0.0570. The van der Waals surface area contributed by atoms with E-state index < -0.39 is 34.5 Å². The third-order valence-corrected chi connectivity index (χ3v) is 5.24. The summed E-state index contributed by atoms with van der Waals surface area (Å²) in [7, 11) is 0. The normalized spacial score (nSPS) is 10.8. The molecule has 1 heterocycles. The highest BCUT2D eigenvalue weighted by molar-refractivity contribution is 6.02. The van der Waals surface area contributed by atoms with Gasteiger partial charge in [0.25, 0.3) is 11.5 Å². The fourth-order valence-electron chi connectivity index (χ4n) is 3.28. The summed E-state index contributed by atoms with van der Waals surface area (Å²) >= 11 is 0. The maximum Gasteiger partial charge on any atom is 0.352 e. The van der Waals surface area contributed by atoms with Crippen LogP contribution in [-0.4, -0.2) is 20.3 Å². The molecule has 0 aliphatic rings. The van der Waals surface area contributed by atoms with Gasteiger partial charge in [0.1, 0.15) is 11.6 Å². The fourth-order valence-corrected chi connectivity index (χ4v) is 3.28. The zero-order valence-electron chi connectivity index (χ0n) is 18.4. The first-order chi connectivity index (χ1) is 16.2. The lowest BCUT2D eigenvalue weighted by Crippen LogP contribution is -2.45. The summed E-state index contributed by atoms with van der Waals surface area (Å²) in [5, 5.41) is 6.43. The predicted molar refractivity (Wildman–Crippen MR) is 123 cm³/mol. The summed E-state index contributed by atoms with van der Waals surface area (Å²) in [6.45, 7) is 3.35. The van der Waals surface area contributed by atoms with Crippen molar-refractivity contribution >= 4 is 11.6 Å². The van der Waals surface area contributed by atoms with Gasteiger partial charge in [-0.15, -0.1) is 0 Å². The lowest BCUT2D eigenvalue weighted by atomic mass is 10.1. The maximum atomic E-state index is 14.2. The molecule has 0 bridgehead atoms. The van der Waals surface area contributed by atoms with Crippen molar-refractivity contribution in [3.63, 3.8) is 0 Å². The summed E-state index contributed by atoms with van der Waals surface area (Å²) in [4.78, 5) is 39.3. The largest absolute Gasteiger partial charge is 0.352 e. The lowest BCUT2D eigenvalue weighted by molar-refractivity contribution is 0.101. The first-order valence-electron chi connectivity index (χ1n) is 10.4. The molecule has 9 heteroatoms. The van der Waals surface area contributed by atoms with Gasteiger partial charge in [-0.1, -0.05) is 35.9 Å². The van der Waals surface area contributed by atoms with Crippen LogP contribution in [0.25, 0.3) is 5.69 Å². The standard InChI is InChI=1S/C25H20F2N4O3/c1-15-3-6-17(7-4-15)14-30-24(33)22(23(32)28-19-10-8-18(26)9-11-19)29-31(25(30)34)20-12-5-16(2)21(27)13-20/h3-13H,14H2,1-2H3,(H,28,32). The molecule has 0 saturated heterocycles. The number of aryl methyl sites for hydroxylation is 2. The number of benzene rings is 3. The van der Waals surface area contributed by atoms with Crippen LogP contribution in [0.2, 0.25) is 0 Å². The van der Waals surface area contributed by atoms with Gasteiger partial charge in [-0.25, -0.2) is 13.6 Å². The Hall–Kier alpha value is -4.40. The molecular formula is C25H20F2N4O3. The molecule has 1 aromatic heterocycles. The lowest BCUT2D eigenvalue weighted by Gasteiger charge is -2.13. The van der Waals surface area contributed by atoms with Gasteiger partial charge in [0.05, 0.1) is 12.2 Å². The number of rotatable bonds is 5. The Morgan fingerprint density at radius 1 is 0.941 bits per heavy atom. The van der Waals surface area contributed by atoms with Crippen LogP contribution in [0, 0.1) is 25.5 Å². The van der Waals surface area contributed by atoms with Crippen molar-refractivity contribution in [2.45, 2.75) is 20.4 Å². The minimum Gasteiger partial charge on any atom is -0.320 e. The molecule has 4 aromatic rings. The van der Waals surface area contributed by atoms with E-state index in [1.54, 1.807) is 19.1 Å². The summed E-state index contributed by atoms with van der Waals surface area (Å²) in [5.41, 5.74) is -0.00378. The summed E-state index contributed by atoms with van der Waals surface area (Å²) in [6, 6.07) is 16.2. The van der Waals surface area contributed by atoms with E-state index in [2.05, 4.69) is 10.4 Å². The van der Waals surface area contributed by atoms with E-state index >= 15 is 0 Å². The van der Waals surface area contributed by atoms with E-state index in [-0.39, 0.29) is 17.9 Å². The minimum atomic E-state index is -0.908. The molecule has 0 saturated carbocycles. The van der Waals surface area contributed by atoms with Crippen LogP contribution in [0.5, 0.6) is 0 Å². The number of anilines is 1. The van der Waals surface area contributed by atoms with Crippen LogP contribution in [-0.2, 0) is 6.54 Å². The number of carbonyl (C=O) groups excluding carboxylic acids is 1. The molecule has 0 atom stereocenters. The fraction of sp³-hybridized carbons (Fsp3) is 0.120. The highest BCUT2D eigenvalue weighted by Crippen LogP contribution is 2.12. The van der Waals surface area contributed by atoms with Gasteiger partial charge >= 0.3 is 5.69 Å². The molecule has 172 valence electrons. The average Bonchev–Trinajstić information content (AvgIpc) is 2.81. The quantitative estimate of drug-likeness (QED) is 0.491. The molecule has 3 aromatic carbocycles. The number of aromatic nitrogens is 3. The number of halogens is 2. The van der Waals surface area contributed by atoms with E-state index in [0.717, 1.165) is 33.0 Å².